The second-order valence-electron chi connectivity index (χ2n) is 5.18. The zero-order valence-electron chi connectivity index (χ0n) is 12.4. The zero-order chi connectivity index (χ0) is 17.0. The Bertz CT molecular complexity index is 696. The van der Waals surface area contributed by atoms with E-state index in [2.05, 4.69) is 6.92 Å². The van der Waals surface area contributed by atoms with Crippen LogP contribution in [0.5, 0.6) is 0 Å². The Morgan fingerprint density at radius 3 is 2.13 bits per heavy atom. The average Bonchev–Trinajstić information content (AvgIpc) is 2.46. The first kappa shape index (κ1) is 17.2. The van der Waals surface area contributed by atoms with Crippen LogP contribution in [0.15, 0.2) is 48.5 Å². The highest BCUT2D eigenvalue weighted by Crippen LogP contribution is 2.29. The average molecular weight is 326 g/mol. The maximum atomic E-state index is 13.9. The van der Waals surface area contributed by atoms with E-state index in [4.69, 9.17) is 0 Å². The van der Waals surface area contributed by atoms with Crippen molar-refractivity contribution in [3.63, 3.8) is 0 Å². The fourth-order valence-corrected chi connectivity index (χ4v) is 2.26. The fourth-order valence-electron chi connectivity index (χ4n) is 2.26. The number of alkyl halides is 3. The number of hydrogen-bond acceptors (Lipinski definition) is 0. The molecule has 0 N–H and O–H groups in total. The second-order valence-corrected chi connectivity index (χ2v) is 5.18. The molecule has 0 fully saturated rings. The van der Waals surface area contributed by atoms with Crippen molar-refractivity contribution in [2.75, 3.05) is 0 Å². The summed E-state index contributed by atoms with van der Waals surface area (Å²) in [5, 5.41) is 0. The number of allylic oxidation sites excluding steroid dienone is 1. The summed E-state index contributed by atoms with van der Waals surface area (Å²) in [5.41, 5.74) is 1.64. The molecule has 0 amide bonds. The third kappa shape index (κ3) is 4.65. The zero-order valence-corrected chi connectivity index (χ0v) is 12.4. The monoisotopic (exact) mass is 326 g/mol. The van der Waals surface area contributed by atoms with Gasteiger partial charge in [0, 0.05) is 5.56 Å². The molecular formula is C18H15F5. The number of benzene rings is 2. The van der Waals surface area contributed by atoms with Gasteiger partial charge < -0.3 is 0 Å². The highest BCUT2D eigenvalue weighted by molar-refractivity contribution is 5.68. The van der Waals surface area contributed by atoms with Gasteiger partial charge in [-0.1, -0.05) is 43.7 Å². The molecule has 0 aromatic heterocycles. The lowest BCUT2D eigenvalue weighted by atomic mass is 10.0. The standard InChI is InChI=1S/C18H15F5/c1-2-3-12-4-6-13(7-5-12)14-8-9-15(16(19)10-14)17(20)11-18(21,22)23/h4-11H,2-3H2,1H3. The van der Waals surface area contributed by atoms with Crippen LogP contribution in [-0.2, 0) is 6.42 Å². The van der Waals surface area contributed by atoms with Gasteiger partial charge in [-0.25, -0.2) is 8.78 Å². The fraction of sp³-hybridized carbons (Fsp3) is 0.222. The van der Waals surface area contributed by atoms with E-state index >= 15 is 0 Å². The summed E-state index contributed by atoms with van der Waals surface area (Å²) in [6.07, 6.45) is -3.44. The molecule has 0 aliphatic heterocycles. The van der Waals surface area contributed by atoms with Crippen LogP contribution < -0.4 is 0 Å². The van der Waals surface area contributed by atoms with Crippen molar-refractivity contribution in [2.24, 2.45) is 0 Å². The molecule has 0 heterocycles. The van der Waals surface area contributed by atoms with Crippen molar-refractivity contribution in [1.29, 1.82) is 0 Å². The van der Waals surface area contributed by atoms with Gasteiger partial charge in [0.05, 0.1) is 6.08 Å². The molecule has 0 atom stereocenters. The maximum absolute atomic E-state index is 13.9. The van der Waals surface area contributed by atoms with Gasteiger partial charge in [-0.05, 0) is 35.2 Å². The van der Waals surface area contributed by atoms with Gasteiger partial charge in [-0.2, -0.15) is 13.2 Å². The van der Waals surface area contributed by atoms with Crippen molar-refractivity contribution in [3.8, 4) is 11.1 Å². The lowest BCUT2D eigenvalue weighted by molar-refractivity contribution is -0.0798. The molecule has 0 saturated carbocycles. The summed E-state index contributed by atoms with van der Waals surface area (Å²) >= 11 is 0. The van der Waals surface area contributed by atoms with E-state index in [0.29, 0.717) is 5.56 Å². The minimum atomic E-state index is -4.83. The first-order chi connectivity index (χ1) is 10.8. The molecule has 2 aromatic rings. The molecule has 0 aliphatic rings. The van der Waals surface area contributed by atoms with Gasteiger partial charge in [0.2, 0.25) is 0 Å². The summed E-state index contributed by atoms with van der Waals surface area (Å²) in [4.78, 5) is 0. The van der Waals surface area contributed by atoms with E-state index < -0.39 is 29.5 Å². The normalized spacial score (nSPS) is 12.5. The molecule has 0 bridgehead atoms. The smallest absolute Gasteiger partial charge is 0.206 e. The van der Waals surface area contributed by atoms with Crippen molar-refractivity contribution in [2.45, 2.75) is 25.9 Å². The predicted octanol–water partition coefficient (Wildman–Crippen LogP) is 6.32. The van der Waals surface area contributed by atoms with E-state index in [9.17, 15) is 22.0 Å². The Morgan fingerprint density at radius 1 is 1.00 bits per heavy atom. The first-order valence-corrected chi connectivity index (χ1v) is 7.14. The van der Waals surface area contributed by atoms with Crippen LogP contribution in [0.25, 0.3) is 17.0 Å². The van der Waals surface area contributed by atoms with Gasteiger partial charge in [0.15, 0.2) is 0 Å². The number of aryl methyl sites for hydroxylation is 1. The molecule has 23 heavy (non-hydrogen) atoms. The molecule has 0 saturated heterocycles. The molecule has 0 radical (unpaired) electrons. The van der Waals surface area contributed by atoms with E-state index in [0.717, 1.165) is 36.1 Å². The van der Waals surface area contributed by atoms with E-state index in [1.165, 1.54) is 6.07 Å². The maximum Gasteiger partial charge on any atom is 0.412 e. The van der Waals surface area contributed by atoms with Crippen LogP contribution in [0.3, 0.4) is 0 Å². The largest absolute Gasteiger partial charge is 0.412 e. The van der Waals surface area contributed by atoms with Crippen LogP contribution >= 0.6 is 0 Å². The van der Waals surface area contributed by atoms with E-state index in [-0.39, 0.29) is 0 Å². The van der Waals surface area contributed by atoms with E-state index in [1.807, 2.05) is 12.1 Å². The van der Waals surface area contributed by atoms with Crippen LogP contribution in [0, 0.1) is 5.82 Å². The van der Waals surface area contributed by atoms with Crippen LogP contribution in [0.1, 0.15) is 24.5 Å². The Hall–Kier alpha value is -2.17. The molecule has 122 valence electrons. The number of rotatable bonds is 4. The third-order valence-corrected chi connectivity index (χ3v) is 3.34. The summed E-state index contributed by atoms with van der Waals surface area (Å²) < 4.78 is 63.8. The number of halogens is 5. The molecular weight excluding hydrogens is 311 g/mol. The first-order valence-electron chi connectivity index (χ1n) is 7.14. The van der Waals surface area contributed by atoms with Gasteiger partial charge in [0.25, 0.3) is 0 Å². The quantitative estimate of drug-likeness (QED) is 0.577. The Balaban J connectivity index is 2.30. The lowest BCUT2D eigenvalue weighted by Crippen LogP contribution is -2.02. The van der Waals surface area contributed by atoms with Gasteiger partial charge >= 0.3 is 6.18 Å². The van der Waals surface area contributed by atoms with Gasteiger partial charge in [0.1, 0.15) is 11.6 Å². The van der Waals surface area contributed by atoms with Crippen LogP contribution in [0.4, 0.5) is 22.0 Å². The molecule has 0 spiro atoms. The SMILES string of the molecule is CCCc1ccc(-c2ccc(C(F)=CC(F)(F)F)c(F)c2)cc1. The predicted molar refractivity (Wildman–Crippen MR) is 81.0 cm³/mol. The summed E-state index contributed by atoms with van der Waals surface area (Å²) in [6, 6.07) is 10.9. The molecule has 0 aliphatic carbocycles. The summed E-state index contributed by atoms with van der Waals surface area (Å²) in [6.45, 7) is 2.06. The Kier molecular flexibility index (Phi) is 5.19. The molecule has 0 nitrogen and oxygen atoms in total. The Labute approximate surface area is 131 Å². The van der Waals surface area contributed by atoms with Gasteiger partial charge in [-0.3, -0.25) is 0 Å². The highest BCUT2D eigenvalue weighted by atomic mass is 19.4. The minimum Gasteiger partial charge on any atom is -0.206 e. The topological polar surface area (TPSA) is 0 Å². The molecule has 2 aromatic carbocycles. The lowest BCUT2D eigenvalue weighted by Gasteiger charge is -2.07. The van der Waals surface area contributed by atoms with Crippen molar-refractivity contribution in [3.05, 3.63) is 65.5 Å². The van der Waals surface area contributed by atoms with Crippen molar-refractivity contribution < 1.29 is 22.0 Å². The Morgan fingerprint density at radius 2 is 1.61 bits per heavy atom. The minimum absolute atomic E-state index is 0.481. The molecule has 2 rings (SSSR count). The third-order valence-electron chi connectivity index (χ3n) is 3.34. The number of hydrogen-bond donors (Lipinski definition) is 0. The summed E-state index contributed by atoms with van der Waals surface area (Å²) in [7, 11) is 0. The van der Waals surface area contributed by atoms with Crippen LogP contribution in [-0.4, -0.2) is 6.18 Å². The van der Waals surface area contributed by atoms with Crippen LogP contribution in [0.2, 0.25) is 0 Å². The second kappa shape index (κ2) is 6.94. The summed E-state index contributed by atoms with van der Waals surface area (Å²) in [5.74, 6) is -2.67. The highest BCUT2D eigenvalue weighted by Gasteiger charge is 2.26. The van der Waals surface area contributed by atoms with Crippen molar-refractivity contribution in [1.82, 2.24) is 0 Å². The van der Waals surface area contributed by atoms with Gasteiger partial charge in [-0.15, -0.1) is 0 Å². The molecule has 5 heteroatoms. The van der Waals surface area contributed by atoms with Crippen molar-refractivity contribution >= 4 is 5.83 Å². The van der Waals surface area contributed by atoms with E-state index in [1.54, 1.807) is 12.1 Å². The molecule has 0 unspecified atom stereocenters.